The Balaban J connectivity index is 2.52. The van der Waals surface area contributed by atoms with Gasteiger partial charge in [0, 0.05) is 9.77 Å². The van der Waals surface area contributed by atoms with Crippen LogP contribution in [0.15, 0.2) is 6.20 Å². The molecule has 1 N–H and O–H groups in total. The van der Waals surface area contributed by atoms with Crippen LogP contribution in [-0.4, -0.2) is 38.3 Å². The van der Waals surface area contributed by atoms with E-state index in [1.54, 1.807) is 54.7 Å². The van der Waals surface area contributed by atoms with Gasteiger partial charge in [0.25, 0.3) is 0 Å². The summed E-state index contributed by atoms with van der Waals surface area (Å²) in [4.78, 5) is 37.7. The van der Waals surface area contributed by atoms with Crippen LogP contribution in [0.1, 0.15) is 47.2 Å². The van der Waals surface area contributed by atoms with E-state index >= 15 is 0 Å². The number of nitrogens with zero attached hydrogens (tertiary/aromatic N) is 3. The van der Waals surface area contributed by atoms with Crippen LogP contribution in [0.4, 0.5) is 15.5 Å². The van der Waals surface area contributed by atoms with E-state index in [1.807, 2.05) is 0 Å². The highest BCUT2D eigenvalue weighted by Gasteiger charge is 2.35. The van der Waals surface area contributed by atoms with Crippen LogP contribution < -0.4 is 4.90 Å². The van der Waals surface area contributed by atoms with E-state index in [0.29, 0.717) is 11.3 Å². The monoisotopic (exact) mass is 474 g/mol. The SMILES string of the molecule is Cc1nc(N(C(=O)OC(C)(C)C)C(=O)OC(C)(C)C)nc2[nH]cc(I)c12. The van der Waals surface area contributed by atoms with Crippen LogP contribution in [-0.2, 0) is 9.47 Å². The third-order valence-corrected chi connectivity index (χ3v) is 3.86. The van der Waals surface area contributed by atoms with Gasteiger partial charge in [-0.1, -0.05) is 0 Å². The minimum absolute atomic E-state index is 0.100. The molecule has 2 amide bonds. The molecule has 0 unspecified atom stereocenters. The summed E-state index contributed by atoms with van der Waals surface area (Å²) >= 11 is 2.16. The normalized spacial score (nSPS) is 12.2. The number of rotatable bonds is 1. The number of aryl methyl sites for hydroxylation is 1. The van der Waals surface area contributed by atoms with E-state index in [4.69, 9.17) is 9.47 Å². The number of aromatic nitrogens is 3. The van der Waals surface area contributed by atoms with Gasteiger partial charge >= 0.3 is 12.2 Å². The minimum Gasteiger partial charge on any atom is -0.443 e. The van der Waals surface area contributed by atoms with Crippen LogP contribution in [0.25, 0.3) is 11.0 Å². The standard InChI is InChI=1S/C17H23IN4O4/c1-9-11-10(18)8-19-12(11)21-13(20-9)22(14(23)25-16(2,3)4)15(24)26-17(5,6)7/h8H,1-7H3,(H,19,20,21). The average molecular weight is 474 g/mol. The molecule has 0 saturated carbocycles. The molecule has 2 aromatic rings. The Labute approximate surface area is 165 Å². The van der Waals surface area contributed by atoms with Gasteiger partial charge in [-0.3, -0.25) is 0 Å². The lowest BCUT2D eigenvalue weighted by atomic mass is 10.2. The number of carbonyl (C=O) groups excluding carboxylic acids is 2. The van der Waals surface area contributed by atoms with Crippen molar-refractivity contribution in [3.8, 4) is 0 Å². The Morgan fingerprint density at radius 2 is 1.54 bits per heavy atom. The molecule has 0 aliphatic rings. The van der Waals surface area contributed by atoms with Crippen molar-refractivity contribution >= 4 is 51.8 Å². The lowest BCUT2D eigenvalue weighted by Crippen LogP contribution is -2.44. The Bertz CT molecular complexity index is 821. The van der Waals surface area contributed by atoms with Crippen molar-refractivity contribution in [2.45, 2.75) is 59.7 Å². The molecule has 0 aromatic carbocycles. The van der Waals surface area contributed by atoms with E-state index in [-0.39, 0.29) is 5.95 Å². The highest BCUT2D eigenvalue weighted by atomic mass is 127. The second kappa shape index (κ2) is 7.01. The molecule has 0 fully saturated rings. The van der Waals surface area contributed by atoms with Gasteiger partial charge in [0.05, 0.1) is 11.1 Å². The molecule has 0 saturated heterocycles. The second-order valence-electron chi connectivity index (χ2n) is 7.77. The smallest absolute Gasteiger partial charge is 0.427 e. The number of halogens is 1. The van der Waals surface area contributed by atoms with Gasteiger partial charge in [-0.25, -0.2) is 14.6 Å². The first-order chi connectivity index (χ1) is 11.8. The van der Waals surface area contributed by atoms with Gasteiger partial charge in [-0.2, -0.15) is 4.98 Å². The number of H-pyrrole nitrogens is 1. The third kappa shape index (κ3) is 4.83. The second-order valence-corrected chi connectivity index (χ2v) is 8.93. The molecule has 0 aliphatic heterocycles. The molecule has 0 spiro atoms. The molecular weight excluding hydrogens is 451 g/mol. The third-order valence-electron chi connectivity index (χ3n) is 3.00. The maximum absolute atomic E-state index is 12.7. The zero-order chi connectivity index (χ0) is 19.9. The van der Waals surface area contributed by atoms with Crippen LogP contribution in [0.3, 0.4) is 0 Å². The number of hydrogen-bond acceptors (Lipinski definition) is 6. The van der Waals surface area contributed by atoms with Crippen LogP contribution in [0, 0.1) is 10.5 Å². The molecule has 8 nitrogen and oxygen atoms in total. The summed E-state index contributed by atoms with van der Waals surface area (Å²) in [6.07, 6.45) is -0.0133. The minimum atomic E-state index is -0.897. The summed E-state index contributed by atoms with van der Waals surface area (Å²) < 4.78 is 11.6. The topological polar surface area (TPSA) is 97.4 Å². The number of nitrogens with one attached hydrogen (secondary N) is 1. The highest BCUT2D eigenvalue weighted by molar-refractivity contribution is 14.1. The maximum atomic E-state index is 12.7. The predicted molar refractivity (Wildman–Crippen MR) is 106 cm³/mol. The number of aromatic amines is 1. The summed E-state index contributed by atoms with van der Waals surface area (Å²) in [5.74, 6) is -0.100. The van der Waals surface area contributed by atoms with Crippen molar-refractivity contribution in [2.75, 3.05) is 4.90 Å². The summed E-state index contributed by atoms with van der Waals surface area (Å²) in [5.41, 5.74) is -0.432. The summed E-state index contributed by atoms with van der Waals surface area (Å²) in [7, 11) is 0. The lowest BCUT2D eigenvalue weighted by Gasteiger charge is -2.27. The average Bonchev–Trinajstić information content (AvgIpc) is 2.76. The predicted octanol–water partition coefficient (Wildman–Crippen LogP) is 4.55. The fourth-order valence-electron chi connectivity index (χ4n) is 2.11. The van der Waals surface area contributed by atoms with Gasteiger partial charge < -0.3 is 14.5 Å². The van der Waals surface area contributed by atoms with Gasteiger partial charge in [-0.05, 0) is 71.1 Å². The van der Waals surface area contributed by atoms with Crippen molar-refractivity contribution in [3.63, 3.8) is 0 Å². The van der Waals surface area contributed by atoms with Gasteiger partial charge in [0.2, 0.25) is 5.95 Å². The Kier molecular flexibility index (Phi) is 5.50. The molecule has 26 heavy (non-hydrogen) atoms. The number of carbonyl (C=O) groups is 2. The zero-order valence-corrected chi connectivity index (χ0v) is 18.1. The van der Waals surface area contributed by atoms with Crippen LogP contribution in [0.5, 0.6) is 0 Å². The van der Waals surface area contributed by atoms with E-state index in [2.05, 4.69) is 37.5 Å². The van der Waals surface area contributed by atoms with Crippen molar-refractivity contribution in [1.82, 2.24) is 15.0 Å². The van der Waals surface area contributed by atoms with E-state index in [9.17, 15) is 9.59 Å². The molecule has 142 valence electrons. The Morgan fingerprint density at radius 1 is 1.04 bits per heavy atom. The first-order valence-corrected chi connectivity index (χ1v) is 9.14. The van der Waals surface area contributed by atoms with Crippen molar-refractivity contribution < 1.29 is 19.1 Å². The molecule has 0 atom stereocenters. The molecule has 2 heterocycles. The molecule has 0 radical (unpaired) electrons. The Hall–Kier alpha value is -1.91. The maximum Gasteiger partial charge on any atom is 0.427 e. The number of anilines is 1. The number of ether oxygens (including phenoxy) is 2. The Morgan fingerprint density at radius 3 is 2.00 bits per heavy atom. The molecule has 2 aromatic heterocycles. The number of amides is 2. The molecule has 9 heteroatoms. The van der Waals surface area contributed by atoms with Crippen molar-refractivity contribution in [1.29, 1.82) is 0 Å². The molecule has 0 aliphatic carbocycles. The summed E-state index contributed by atoms with van der Waals surface area (Å²) in [5, 5.41) is 0.836. The molecule has 2 rings (SSSR count). The fourth-order valence-corrected chi connectivity index (χ4v) is 2.91. The molecule has 0 bridgehead atoms. The lowest BCUT2D eigenvalue weighted by molar-refractivity contribution is 0.0427. The largest absolute Gasteiger partial charge is 0.443 e. The van der Waals surface area contributed by atoms with Crippen LogP contribution in [0.2, 0.25) is 0 Å². The van der Waals surface area contributed by atoms with E-state index in [0.717, 1.165) is 13.9 Å². The zero-order valence-electron chi connectivity index (χ0n) is 15.9. The van der Waals surface area contributed by atoms with Gasteiger partial charge in [0.1, 0.15) is 16.8 Å². The highest BCUT2D eigenvalue weighted by Crippen LogP contribution is 2.25. The fraction of sp³-hybridized carbons (Fsp3) is 0.529. The first kappa shape index (κ1) is 20.4. The number of imide groups is 1. The number of hydrogen-bond donors (Lipinski definition) is 1. The van der Waals surface area contributed by atoms with Gasteiger partial charge in [-0.15, -0.1) is 4.90 Å². The van der Waals surface area contributed by atoms with Crippen molar-refractivity contribution in [3.05, 3.63) is 15.5 Å². The van der Waals surface area contributed by atoms with Gasteiger partial charge in [0.15, 0.2) is 0 Å². The summed E-state index contributed by atoms with van der Waals surface area (Å²) in [6.45, 7) is 12.0. The van der Waals surface area contributed by atoms with Crippen LogP contribution >= 0.6 is 22.6 Å². The van der Waals surface area contributed by atoms with E-state index in [1.165, 1.54) is 0 Å². The quantitative estimate of drug-likeness (QED) is 0.610. The number of fused-ring (bicyclic) bond motifs is 1. The van der Waals surface area contributed by atoms with E-state index < -0.39 is 23.4 Å². The molecular formula is C17H23IN4O4. The summed E-state index contributed by atoms with van der Waals surface area (Å²) in [6, 6.07) is 0. The first-order valence-electron chi connectivity index (χ1n) is 8.06. The van der Waals surface area contributed by atoms with Crippen molar-refractivity contribution in [2.24, 2.45) is 0 Å².